The van der Waals surface area contributed by atoms with E-state index >= 15 is 0 Å². The van der Waals surface area contributed by atoms with Crippen LogP contribution in [0.5, 0.6) is 0 Å². The second kappa shape index (κ2) is 2.08. The normalized spacial score (nSPS) is 15.9. The van der Waals surface area contributed by atoms with E-state index in [1.807, 2.05) is 6.92 Å². The Balaban J connectivity index is 2.44. The van der Waals surface area contributed by atoms with Gasteiger partial charge >= 0.3 is 0 Å². The Bertz CT molecular complexity index is 303. The Morgan fingerprint density at radius 1 is 1.64 bits per heavy atom. The molecule has 4 heteroatoms. The molecule has 1 aliphatic heterocycles. The molecule has 0 saturated heterocycles. The standard InChI is InChI=1S/C7H8N2O2/c1-4-5-3-8-7(10)2-6(5)9-11-4/h2-3H2,1H3,(H,8,10). The topological polar surface area (TPSA) is 55.1 Å². The van der Waals surface area contributed by atoms with E-state index in [1.165, 1.54) is 0 Å². The molecule has 0 aromatic carbocycles. The number of hydrogen-bond donors (Lipinski definition) is 1. The van der Waals surface area contributed by atoms with Gasteiger partial charge in [0.2, 0.25) is 5.91 Å². The van der Waals surface area contributed by atoms with Crippen molar-refractivity contribution in [3.63, 3.8) is 0 Å². The van der Waals surface area contributed by atoms with E-state index in [2.05, 4.69) is 10.5 Å². The maximum absolute atomic E-state index is 10.8. The van der Waals surface area contributed by atoms with E-state index in [1.54, 1.807) is 0 Å². The first-order valence-corrected chi connectivity index (χ1v) is 3.48. The zero-order valence-electron chi connectivity index (χ0n) is 6.18. The second-order valence-corrected chi connectivity index (χ2v) is 2.62. The van der Waals surface area contributed by atoms with Crippen LogP contribution in [0.4, 0.5) is 0 Å². The summed E-state index contributed by atoms with van der Waals surface area (Å²) in [5.74, 6) is 0.825. The molecule has 0 aliphatic carbocycles. The van der Waals surface area contributed by atoms with Crippen LogP contribution in [0.1, 0.15) is 17.0 Å². The summed E-state index contributed by atoms with van der Waals surface area (Å²) in [5.41, 5.74) is 1.82. The minimum atomic E-state index is 0.0193. The Labute approximate surface area is 63.6 Å². The van der Waals surface area contributed by atoms with Gasteiger partial charge in [0.15, 0.2) is 0 Å². The molecule has 1 N–H and O–H groups in total. The van der Waals surface area contributed by atoms with Crippen LogP contribution in [0.15, 0.2) is 4.52 Å². The lowest BCUT2D eigenvalue weighted by atomic mass is 10.1. The number of carbonyl (C=O) groups is 1. The van der Waals surface area contributed by atoms with Gasteiger partial charge in [-0.3, -0.25) is 4.79 Å². The fourth-order valence-corrected chi connectivity index (χ4v) is 1.20. The zero-order chi connectivity index (χ0) is 7.84. The molecule has 0 spiro atoms. The smallest absolute Gasteiger partial charge is 0.226 e. The molecule has 58 valence electrons. The van der Waals surface area contributed by atoms with E-state index < -0.39 is 0 Å². The van der Waals surface area contributed by atoms with Crippen LogP contribution in [0.2, 0.25) is 0 Å². The number of rotatable bonds is 0. The van der Waals surface area contributed by atoms with Crippen molar-refractivity contribution < 1.29 is 9.32 Å². The number of aryl methyl sites for hydroxylation is 1. The SMILES string of the molecule is Cc1onc2c1CNC(=O)C2. The van der Waals surface area contributed by atoms with Crippen LogP contribution in [-0.4, -0.2) is 11.1 Å². The number of carbonyl (C=O) groups excluding carboxylic acids is 1. The van der Waals surface area contributed by atoms with E-state index in [4.69, 9.17) is 4.52 Å². The molecule has 0 bridgehead atoms. The minimum Gasteiger partial charge on any atom is -0.361 e. The fraction of sp³-hybridized carbons (Fsp3) is 0.429. The Morgan fingerprint density at radius 2 is 2.45 bits per heavy atom. The second-order valence-electron chi connectivity index (χ2n) is 2.62. The molecule has 2 rings (SSSR count). The highest BCUT2D eigenvalue weighted by atomic mass is 16.5. The molecule has 1 amide bonds. The average Bonchev–Trinajstić information content (AvgIpc) is 2.32. The molecule has 1 aromatic rings. The summed E-state index contributed by atoms with van der Waals surface area (Å²) in [6.45, 7) is 2.41. The van der Waals surface area contributed by atoms with Crippen molar-refractivity contribution in [1.82, 2.24) is 10.5 Å². The van der Waals surface area contributed by atoms with Gasteiger partial charge in [-0.1, -0.05) is 5.16 Å². The van der Waals surface area contributed by atoms with Crippen LogP contribution in [-0.2, 0) is 17.8 Å². The van der Waals surface area contributed by atoms with Crippen LogP contribution in [0.25, 0.3) is 0 Å². The average molecular weight is 152 g/mol. The van der Waals surface area contributed by atoms with E-state index in [9.17, 15) is 4.79 Å². The number of fused-ring (bicyclic) bond motifs is 1. The van der Waals surface area contributed by atoms with Crippen molar-refractivity contribution in [2.24, 2.45) is 0 Å². The van der Waals surface area contributed by atoms with Crippen molar-refractivity contribution in [2.45, 2.75) is 19.9 Å². The number of nitrogens with one attached hydrogen (secondary N) is 1. The third-order valence-electron chi connectivity index (χ3n) is 1.86. The van der Waals surface area contributed by atoms with E-state index in [0.717, 1.165) is 17.0 Å². The van der Waals surface area contributed by atoms with Gasteiger partial charge in [-0.2, -0.15) is 0 Å². The van der Waals surface area contributed by atoms with E-state index in [0.29, 0.717) is 13.0 Å². The Hall–Kier alpha value is -1.32. The molecular formula is C7H8N2O2. The molecule has 0 fully saturated rings. The summed E-state index contributed by atoms with van der Waals surface area (Å²) < 4.78 is 4.92. The van der Waals surface area contributed by atoms with Crippen LogP contribution in [0, 0.1) is 6.92 Å². The molecule has 4 nitrogen and oxygen atoms in total. The molecule has 0 unspecified atom stereocenters. The largest absolute Gasteiger partial charge is 0.361 e. The van der Waals surface area contributed by atoms with Gasteiger partial charge < -0.3 is 9.84 Å². The van der Waals surface area contributed by atoms with Crippen LogP contribution in [0.3, 0.4) is 0 Å². The molecule has 0 radical (unpaired) electrons. The highest BCUT2D eigenvalue weighted by Crippen LogP contribution is 2.16. The predicted molar refractivity (Wildman–Crippen MR) is 36.8 cm³/mol. The lowest BCUT2D eigenvalue weighted by Crippen LogP contribution is -2.30. The summed E-state index contributed by atoms with van der Waals surface area (Å²) in [6, 6.07) is 0. The third-order valence-corrected chi connectivity index (χ3v) is 1.86. The van der Waals surface area contributed by atoms with Gasteiger partial charge in [0.1, 0.15) is 5.76 Å². The van der Waals surface area contributed by atoms with Gasteiger partial charge in [0.25, 0.3) is 0 Å². The molecular weight excluding hydrogens is 144 g/mol. The van der Waals surface area contributed by atoms with Crippen molar-refractivity contribution in [2.75, 3.05) is 0 Å². The van der Waals surface area contributed by atoms with Gasteiger partial charge in [0.05, 0.1) is 12.1 Å². The number of nitrogens with zero attached hydrogens (tertiary/aromatic N) is 1. The monoisotopic (exact) mass is 152 g/mol. The summed E-state index contributed by atoms with van der Waals surface area (Å²) in [7, 11) is 0. The minimum absolute atomic E-state index is 0.0193. The number of hydrogen-bond acceptors (Lipinski definition) is 3. The van der Waals surface area contributed by atoms with Gasteiger partial charge in [0, 0.05) is 12.1 Å². The van der Waals surface area contributed by atoms with Gasteiger partial charge in [-0.15, -0.1) is 0 Å². The van der Waals surface area contributed by atoms with Gasteiger partial charge in [-0.25, -0.2) is 0 Å². The summed E-state index contributed by atoms with van der Waals surface area (Å²) >= 11 is 0. The molecule has 11 heavy (non-hydrogen) atoms. The third kappa shape index (κ3) is 0.906. The number of aromatic nitrogens is 1. The van der Waals surface area contributed by atoms with Crippen molar-refractivity contribution >= 4 is 5.91 Å². The zero-order valence-corrected chi connectivity index (χ0v) is 6.18. The number of amides is 1. The van der Waals surface area contributed by atoms with Crippen molar-refractivity contribution in [3.05, 3.63) is 17.0 Å². The molecule has 0 saturated carbocycles. The summed E-state index contributed by atoms with van der Waals surface area (Å²) in [6.07, 6.45) is 0.354. The Kier molecular flexibility index (Phi) is 1.21. The maximum atomic E-state index is 10.8. The Morgan fingerprint density at radius 3 is 3.27 bits per heavy atom. The van der Waals surface area contributed by atoms with Crippen molar-refractivity contribution in [1.29, 1.82) is 0 Å². The first kappa shape index (κ1) is 6.39. The highest BCUT2D eigenvalue weighted by molar-refractivity contribution is 5.80. The van der Waals surface area contributed by atoms with E-state index in [-0.39, 0.29) is 5.91 Å². The fourth-order valence-electron chi connectivity index (χ4n) is 1.20. The molecule has 2 heterocycles. The van der Waals surface area contributed by atoms with Crippen LogP contribution >= 0.6 is 0 Å². The van der Waals surface area contributed by atoms with Gasteiger partial charge in [-0.05, 0) is 6.92 Å². The predicted octanol–water partition coefficient (Wildman–Crippen LogP) is 0.155. The van der Waals surface area contributed by atoms with Crippen LogP contribution < -0.4 is 5.32 Å². The maximum Gasteiger partial charge on any atom is 0.226 e. The first-order valence-electron chi connectivity index (χ1n) is 3.48. The summed E-state index contributed by atoms with van der Waals surface area (Å²) in [4.78, 5) is 10.8. The summed E-state index contributed by atoms with van der Waals surface area (Å²) in [5, 5.41) is 6.50. The lowest BCUT2D eigenvalue weighted by molar-refractivity contribution is -0.121. The molecule has 1 aliphatic rings. The highest BCUT2D eigenvalue weighted by Gasteiger charge is 2.20. The first-order chi connectivity index (χ1) is 5.27. The van der Waals surface area contributed by atoms with Crippen molar-refractivity contribution in [3.8, 4) is 0 Å². The molecule has 1 aromatic heterocycles. The lowest BCUT2D eigenvalue weighted by Gasteiger charge is -2.09. The molecule has 0 atom stereocenters. The quantitative estimate of drug-likeness (QED) is 0.576.